The highest BCUT2D eigenvalue weighted by Gasteiger charge is 2.30. The number of oxime groups is 1. The number of halogens is 1. The Kier molecular flexibility index (Phi) is 4.33. The molecule has 2 heterocycles. The first kappa shape index (κ1) is 16.2. The number of rotatable bonds is 4. The van der Waals surface area contributed by atoms with Crippen LogP contribution in [-0.2, 0) is 16.2 Å². The van der Waals surface area contributed by atoms with Crippen molar-refractivity contribution in [3.8, 4) is 0 Å². The van der Waals surface area contributed by atoms with Gasteiger partial charge in [-0.3, -0.25) is 9.48 Å². The zero-order valence-electron chi connectivity index (χ0n) is 13.8. The largest absolute Gasteiger partial charge is 0.382 e. The third-order valence-corrected chi connectivity index (χ3v) is 3.98. The lowest BCUT2D eigenvalue weighted by atomic mass is 10.1. The van der Waals surface area contributed by atoms with E-state index < -0.39 is 6.10 Å². The number of anilines is 1. The Labute approximate surface area is 139 Å². The van der Waals surface area contributed by atoms with Gasteiger partial charge in [0.25, 0.3) is 5.91 Å². The highest BCUT2D eigenvalue weighted by Crippen LogP contribution is 2.21. The van der Waals surface area contributed by atoms with E-state index in [9.17, 15) is 9.18 Å². The van der Waals surface area contributed by atoms with E-state index >= 15 is 0 Å². The molecule has 7 heteroatoms. The fraction of sp³-hybridized carbons (Fsp3) is 0.353. The molecule has 0 bridgehead atoms. The standard InChI is InChI=1S/C17H19FN4O2/c1-4-22-9-13(11(3)20-22)15-8-16(24-21-15)17(23)19-12-6-5-10(2)14(18)7-12/h5-7,9,16H,4,8H2,1-3H3,(H,19,23)/t16-/m0/s1. The van der Waals surface area contributed by atoms with Gasteiger partial charge >= 0.3 is 0 Å². The van der Waals surface area contributed by atoms with Gasteiger partial charge in [-0.05, 0) is 38.5 Å². The lowest BCUT2D eigenvalue weighted by molar-refractivity contribution is -0.125. The Hall–Kier alpha value is -2.70. The molecule has 3 rings (SSSR count). The monoisotopic (exact) mass is 330 g/mol. The molecule has 0 fully saturated rings. The zero-order valence-corrected chi connectivity index (χ0v) is 13.8. The molecule has 2 aromatic rings. The summed E-state index contributed by atoms with van der Waals surface area (Å²) in [6, 6.07) is 4.56. The van der Waals surface area contributed by atoms with Crippen molar-refractivity contribution in [2.75, 3.05) is 5.32 Å². The van der Waals surface area contributed by atoms with Crippen LogP contribution in [0.2, 0.25) is 0 Å². The number of benzene rings is 1. The maximum Gasteiger partial charge on any atom is 0.268 e. The van der Waals surface area contributed by atoms with E-state index in [1.165, 1.54) is 6.07 Å². The second-order valence-electron chi connectivity index (χ2n) is 5.77. The summed E-state index contributed by atoms with van der Waals surface area (Å²) >= 11 is 0. The number of nitrogens with zero attached hydrogens (tertiary/aromatic N) is 3. The van der Waals surface area contributed by atoms with Gasteiger partial charge in [0.1, 0.15) is 5.82 Å². The van der Waals surface area contributed by atoms with Gasteiger partial charge in [-0.2, -0.15) is 5.10 Å². The average molecular weight is 330 g/mol. The Balaban J connectivity index is 1.66. The van der Waals surface area contributed by atoms with E-state index in [4.69, 9.17) is 4.84 Å². The molecule has 1 atom stereocenters. The Bertz CT molecular complexity index is 813. The van der Waals surface area contributed by atoms with E-state index in [2.05, 4.69) is 15.6 Å². The number of hydrogen-bond donors (Lipinski definition) is 1. The molecular formula is C17H19FN4O2. The number of hydrogen-bond acceptors (Lipinski definition) is 4. The summed E-state index contributed by atoms with van der Waals surface area (Å²) in [5.41, 5.74) is 3.35. The second-order valence-corrected chi connectivity index (χ2v) is 5.77. The van der Waals surface area contributed by atoms with Crippen molar-refractivity contribution < 1.29 is 14.0 Å². The molecule has 0 aliphatic carbocycles. The van der Waals surface area contributed by atoms with E-state index in [-0.39, 0.29) is 11.7 Å². The molecule has 1 amide bonds. The number of carbonyl (C=O) groups excluding carboxylic acids is 1. The molecule has 1 aromatic carbocycles. The predicted molar refractivity (Wildman–Crippen MR) is 88.4 cm³/mol. The first-order valence-corrected chi connectivity index (χ1v) is 7.82. The molecule has 0 radical (unpaired) electrons. The zero-order chi connectivity index (χ0) is 17.3. The van der Waals surface area contributed by atoms with E-state index in [0.717, 1.165) is 17.8 Å². The third kappa shape index (κ3) is 3.15. The van der Waals surface area contributed by atoms with Crippen LogP contribution in [0.15, 0.2) is 29.6 Å². The van der Waals surface area contributed by atoms with Crippen molar-refractivity contribution in [2.45, 2.75) is 39.8 Å². The van der Waals surface area contributed by atoms with E-state index in [0.29, 0.717) is 23.4 Å². The summed E-state index contributed by atoms with van der Waals surface area (Å²) in [4.78, 5) is 17.5. The minimum absolute atomic E-state index is 0.350. The maximum atomic E-state index is 13.6. The first-order chi connectivity index (χ1) is 11.5. The van der Waals surface area contributed by atoms with Crippen molar-refractivity contribution in [3.05, 3.63) is 47.0 Å². The van der Waals surface area contributed by atoms with Crippen LogP contribution in [0.5, 0.6) is 0 Å². The van der Waals surface area contributed by atoms with Gasteiger partial charge in [0, 0.05) is 30.4 Å². The fourth-order valence-electron chi connectivity index (χ4n) is 2.53. The average Bonchev–Trinajstić information content (AvgIpc) is 3.17. The predicted octanol–water partition coefficient (Wildman–Crippen LogP) is 2.79. The van der Waals surface area contributed by atoms with Crippen molar-refractivity contribution >= 4 is 17.3 Å². The molecular weight excluding hydrogens is 311 g/mol. The molecule has 0 spiro atoms. The number of aryl methyl sites for hydroxylation is 3. The molecule has 126 valence electrons. The van der Waals surface area contributed by atoms with Crippen molar-refractivity contribution in [1.29, 1.82) is 0 Å². The molecule has 1 aromatic heterocycles. The van der Waals surface area contributed by atoms with Gasteiger partial charge in [0.15, 0.2) is 0 Å². The summed E-state index contributed by atoms with van der Waals surface area (Å²) in [5.74, 6) is -0.711. The van der Waals surface area contributed by atoms with E-state index in [1.54, 1.807) is 19.1 Å². The smallest absolute Gasteiger partial charge is 0.268 e. The fourth-order valence-corrected chi connectivity index (χ4v) is 2.53. The van der Waals surface area contributed by atoms with Crippen molar-refractivity contribution in [1.82, 2.24) is 9.78 Å². The normalized spacial score (nSPS) is 16.7. The topological polar surface area (TPSA) is 68.5 Å². The molecule has 0 unspecified atom stereocenters. The lowest BCUT2D eigenvalue weighted by Gasteiger charge is -2.10. The summed E-state index contributed by atoms with van der Waals surface area (Å²) in [6.07, 6.45) is 1.53. The van der Waals surface area contributed by atoms with Crippen LogP contribution in [0.3, 0.4) is 0 Å². The number of carbonyl (C=O) groups is 1. The second kappa shape index (κ2) is 6.43. The molecule has 24 heavy (non-hydrogen) atoms. The van der Waals surface area contributed by atoms with Gasteiger partial charge in [-0.1, -0.05) is 11.2 Å². The van der Waals surface area contributed by atoms with Crippen LogP contribution < -0.4 is 5.32 Å². The van der Waals surface area contributed by atoms with Gasteiger partial charge in [-0.15, -0.1) is 0 Å². The number of nitrogens with one attached hydrogen (secondary N) is 1. The molecule has 0 saturated carbocycles. The summed E-state index contributed by atoms with van der Waals surface area (Å²) in [7, 11) is 0. The highest BCUT2D eigenvalue weighted by atomic mass is 19.1. The van der Waals surface area contributed by atoms with Crippen LogP contribution in [0.1, 0.15) is 30.2 Å². The number of aromatic nitrogens is 2. The maximum absolute atomic E-state index is 13.6. The summed E-state index contributed by atoms with van der Waals surface area (Å²) in [6.45, 7) is 6.32. The summed E-state index contributed by atoms with van der Waals surface area (Å²) in [5, 5.41) is 11.0. The highest BCUT2D eigenvalue weighted by molar-refractivity contribution is 6.06. The van der Waals surface area contributed by atoms with Gasteiger partial charge < -0.3 is 10.2 Å². The van der Waals surface area contributed by atoms with E-state index in [1.807, 2.05) is 24.7 Å². The third-order valence-electron chi connectivity index (χ3n) is 3.98. The Morgan fingerprint density at radius 2 is 2.25 bits per heavy atom. The summed E-state index contributed by atoms with van der Waals surface area (Å²) < 4.78 is 15.4. The van der Waals surface area contributed by atoms with Crippen LogP contribution in [0, 0.1) is 19.7 Å². The quantitative estimate of drug-likeness (QED) is 0.937. The van der Waals surface area contributed by atoms with Crippen molar-refractivity contribution in [2.24, 2.45) is 5.16 Å². The SMILES string of the molecule is CCn1cc(C2=NO[C@H](C(=O)Nc3ccc(C)c(F)c3)C2)c(C)n1. The van der Waals surface area contributed by atoms with Crippen molar-refractivity contribution in [3.63, 3.8) is 0 Å². The number of amides is 1. The van der Waals surface area contributed by atoms with Crippen LogP contribution >= 0.6 is 0 Å². The molecule has 1 N–H and O–H groups in total. The molecule has 0 saturated heterocycles. The van der Waals surface area contributed by atoms with Crippen LogP contribution in [-0.4, -0.2) is 27.5 Å². The van der Waals surface area contributed by atoms with Gasteiger partial charge in [-0.25, -0.2) is 4.39 Å². The Morgan fingerprint density at radius 1 is 1.46 bits per heavy atom. The first-order valence-electron chi connectivity index (χ1n) is 7.82. The lowest BCUT2D eigenvalue weighted by Crippen LogP contribution is -2.28. The molecule has 1 aliphatic rings. The van der Waals surface area contributed by atoms with Crippen LogP contribution in [0.4, 0.5) is 10.1 Å². The van der Waals surface area contributed by atoms with Gasteiger partial charge in [0.2, 0.25) is 6.10 Å². The Morgan fingerprint density at radius 3 is 2.92 bits per heavy atom. The molecule has 6 nitrogen and oxygen atoms in total. The molecule has 1 aliphatic heterocycles. The minimum Gasteiger partial charge on any atom is -0.382 e. The van der Waals surface area contributed by atoms with Crippen LogP contribution in [0.25, 0.3) is 0 Å². The minimum atomic E-state index is -0.728. The van der Waals surface area contributed by atoms with Gasteiger partial charge in [0.05, 0.1) is 11.4 Å².